The minimum Gasteiger partial charge on any atom is -0.368 e. The normalized spacial score (nSPS) is 20.2. The molecule has 9 heteroatoms. The van der Waals surface area contributed by atoms with Crippen LogP contribution in [-0.4, -0.2) is 15.9 Å². The molecule has 0 radical (unpaired) electrons. The van der Waals surface area contributed by atoms with Crippen LogP contribution in [0.4, 0.5) is 19.1 Å². The molecule has 1 aliphatic rings. The molecule has 3 N–H and O–H groups in total. The number of halogens is 3. The number of allylic oxidation sites excluding steroid dienone is 1. The lowest BCUT2D eigenvalue weighted by molar-refractivity contribution is -0.137. The fourth-order valence-electron chi connectivity index (χ4n) is 3.02. The van der Waals surface area contributed by atoms with Crippen LogP contribution in [0.3, 0.4) is 0 Å². The summed E-state index contributed by atoms with van der Waals surface area (Å²) in [4.78, 5) is 20.2. The summed E-state index contributed by atoms with van der Waals surface area (Å²) in [6.45, 7) is 1.65. The molecule has 0 saturated carbocycles. The minimum atomic E-state index is -4.53. The average molecular weight is 373 g/mol. The SMILES string of the molecule is CC1C(c2ccnc(N)n2)=C(c2cccc(C(F)(F)F)c2)NC(=O)C1C#N. The summed E-state index contributed by atoms with van der Waals surface area (Å²) >= 11 is 0. The quantitative estimate of drug-likeness (QED) is 0.842. The third-order valence-electron chi connectivity index (χ3n) is 4.32. The topological polar surface area (TPSA) is 105 Å². The van der Waals surface area contributed by atoms with Gasteiger partial charge in [-0.05, 0) is 23.8 Å². The number of rotatable bonds is 2. The van der Waals surface area contributed by atoms with Crippen molar-refractivity contribution in [1.82, 2.24) is 15.3 Å². The van der Waals surface area contributed by atoms with E-state index >= 15 is 0 Å². The summed E-state index contributed by atoms with van der Waals surface area (Å²) in [5, 5.41) is 11.9. The number of nitrogens with zero attached hydrogens (tertiary/aromatic N) is 3. The number of amides is 1. The number of carbonyl (C=O) groups is 1. The highest BCUT2D eigenvalue weighted by molar-refractivity contribution is 6.03. The van der Waals surface area contributed by atoms with Gasteiger partial charge in [-0.1, -0.05) is 19.1 Å². The molecule has 1 aromatic carbocycles. The standard InChI is InChI=1S/C18H14F3N5O/c1-9-12(8-22)16(27)26-15(14(9)13-5-6-24-17(23)25-13)10-3-2-4-11(7-10)18(19,20)21/h2-7,9,12H,1H3,(H,26,27)(H2,23,24,25). The fourth-order valence-corrected chi connectivity index (χ4v) is 3.02. The molecular formula is C18H14F3N5O. The number of nitrogens with two attached hydrogens (primary N) is 1. The van der Waals surface area contributed by atoms with Crippen molar-refractivity contribution in [2.45, 2.75) is 13.1 Å². The molecule has 0 spiro atoms. The minimum absolute atomic E-state index is 0.0269. The molecule has 3 rings (SSSR count). The third kappa shape index (κ3) is 3.46. The maximum absolute atomic E-state index is 13.1. The van der Waals surface area contributed by atoms with Gasteiger partial charge in [-0.3, -0.25) is 4.79 Å². The number of anilines is 1. The number of alkyl halides is 3. The van der Waals surface area contributed by atoms with Crippen molar-refractivity contribution in [2.24, 2.45) is 11.8 Å². The molecule has 2 atom stereocenters. The number of carbonyl (C=O) groups excluding carboxylic acids is 1. The summed E-state index contributed by atoms with van der Waals surface area (Å²) in [7, 11) is 0. The van der Waals surface area contributed by atoms with Crippen LogP contribution >= 0.6 is 0 Å². The zero-order chi connectivity index (χ0) is 19.8. The van der Waals surface area contributed by atoms with E-state index in [1.807, 2.05) is 6.07 Å². The summed E-state index contributed by atoms with van der Waals surface area (Å²) in [5.41, 5.74) is 5.87. The highest BCUT2D eigenvalue weighted by atomic mass is 19.4. The highest BCUT2D eigenvalue weighted by Gasteiger charge is 2.37. The van der Waals surface area contributed by atoms with E-state index in [4.69, 9.17) is 5.73 Å². The van der Waals surface area contributed by atoms with Gasteiger partial charge < -0.3 is 11.1 Å². The second kappa shape index (κ2) is 6.72. The van der Waals surface area contributed by atoms with Gasteiger partial charge in [0.05, 0.1) is 23.0 Å². The van der Waals surface area contributed by atoms with Crippen molar-refractivity contribution < 1.29 is 18.0 Å². The van der Waals surface area contributed by atoms with Gasteiger partial charge in [-0.15, -0.1) is 0 Å². The molecule has 27 heavy (non-hydrogen) atoms. The summed E-state index contributed by atoms with van der Waals surface area (Å²) in [6, 6.07) is 8.05. The molecule has 0 fully saturated rings. The van der Waals surface area contributed by atoms with Crippen LogP contribution in [0.5, 0.6) is 0 Å². The fraction of sp³-hybridized carbons (Fsp3) is 0.222. The van der Waals surface area contributed by atoms with Gasteiger partial charge in [0.1, 0.15) is 5.92 Å². The first-order chi connectivity index (χ1) is 12.7. The zero-order valence-corrected chi connectivity index (χ0v) is 14.1. The second-order valence-corrected chi connectivity index (χ2v) is 6.05. The van der Waals surface area contributed by atoms with Crippen molar-refractivity contribution in [3.63, 3.8) is 0 Å². The molecule has 1 aliphatic heterocycles. The molecule has 2 aromatic rings. The van der Waals surface area contributed by atoms with Crippen molar-refractivity contribution in [2.75, 3.05) is 5.73 Å². The molecule has 0 bridgehead atoms. The number of hydrogen-bond donors (Lipinski definition) is 2. The molecule has 138 valence electrons. The number of benzene rings is 1. The molecule has 0 aliphatic carbocycles. The molecular weight excluding hydrogens is 359 g/mol. The molecule has 2 heterocycles. The largest absolute Gasteiger partial charge is 0.416 e. The van der Waals surface area contributed by atoms with E-state index < -0.39 is 29.5 Å². The van der Waals surface area contributed by atoms with Gasteiger partial charge in [-0.2, -0.15) is 18.4 Å². The lowest BCUT2D eigenvalue weighted by Crippen LogP contribution is -2.38. The van der Waals surface area contributed by atoms with Gasteiger partial charge in [0.2, 0.25) is 11.9 Å². The molecule has 1 aromatic heterocycles. The monoisotopic (exact) mass is 373 g/mol. The predicted molar refractivity (Wildman–Crippen MR) is 91.1 cm³/mol. The van der Waals surface area contributed by atoms with Gasteiger partial charge in [0, 0.05) is 17.7 Å². The maximum Gasteiger partial charge on any atom is 0.416 e. The summed E-state index contributed by atoms with van der Waals surface area (Å²) in [6.07, 6.45) is -3.13. The van der Waals surface area contributed by atoms with Crippen molar-refractivity contribution in [3.05, 3.63) is 53.3 Å². The second-order valence-electron chi connectivity index (χ2n) is 6.05. The molecule has 1 amide bonds. The molecule has 0 saturated heterocycles. The van der Waals surface area contributed by atoms with E-state index in [2.05, 4.69) is 15.3 Å². The van der Waals surface area contributed by atoms with Gasteiger partial charge in [0.15, 0.2) is 0 Å². The van der Waals surface area contributed by atoms with E-state index in [1.54, 1.807) is 6.92 Å². The van der Waals surface area contributed by atoms with Gasteiger partial charge >= 0.3 is 6.18 Å². The number of nitriles is 1. The summed E-state index contributed by atoms with van der Waals surface area (Å²) in [5.74, 6) is -2.22. The van der Waals surface area contributed by atoms with E-state index in [1.165, 1.54) is 24.4 Å². The van der Waals surface area contributed by atoms with Crippen LogP contribution < -0.4 is 11.1 Å². The Hall–Kier alpha value is -3.41. The van der Waals surface area contributed by atoms with Gasteiger partial charge in [0.25, 0.3) is 0 Å². The first kappa shape index (κ1) is 18.4. The number of nitrogens with one attached hydrogen (secondary N) is 1. The van der Waals surface area contributed by atoms with E-state index in [0.717, 1.165) is 12.1 Å². The Bertz CT molecular complexity index is 977. The van der Waals surface area contributed by atoms with Crippen LogP contribution in [0.2, 0.25) is 0 Å². The van der Waals surface area contributed by atoms with Crippen molar-refractivity contribution in [1.29, 1.82) is 5.26 Å². The Kier molecular flexibility index (Phi) is 4.57. The zero-order valence-electron chi connectivity index (χ0n) is 14.1. The first-order valence-corrected chi connectivity index (χ1v) is 7.93. The molecule has 2 unspecified atom stereocenters. The highest BCUT2D eigenvalue weighted by Crippen LogP contribution is 2.39. The van der Waals surface area contributed by atoms with Crippen LogP contribution in [0.25, 0.3) is 11.3 Å². The lowest BCUT2D eigenvalue weighted by atomic mass is 9.80. The van der Waals surface area contributed by atoms with Crippen molar-refractivity contribution in [3.8, 4) is 6.07 Å². The first-order valence-electron chi connectivity index (χ1n) is 7.93. The van der Waals surface area contributed by atoms with E-state index in [0.29, 0.717) is 11.3 Å². The number of hydrogen-bond acceptors (Lipinski definition) is 5. The van der Waals surface area contributed by atoms with Crippen LogP contribution in [-0.2, 0) is 11.0 Å². The van der Waals surface area contributed by atoms with Crippen LogP contribution in [0, 0.1) is 23.2 Å². The Morgan fingerprint density at radius 1 is 1.30 bits per heavy atom. The Balaban J connectivity index is 2.26. The molecule has 6 nitrogen and oxygen atoms in total. The maximum atomic E-state index is 13.1. The average Bonchev–Trinajstić information content (AvgIpc) is 2.61. The summed E-state index contributed by atoms with van der Waals surface area (Å²) < 4.78 is 39.3. The smallest absolute Gasteiger partial charge is 0.368 e. The number of nitrogen functional groups attached to an aromatic ring is 1. The Morgan fingerprint density at radius 2 is 2.04 bits per heavy atom. The Labute approximate surface area is 152 Å². The van der Waals surface area contributed by atoms with Gasteiger partial charge in [-0.25, -0.2) is 9.97 Å². The van der Waals surface area contributed by atoms with E-state index in [-0.39, 0.29) is 17.2 Å². The van der Waals surface area contributed by atoms with Crippen LogP contribution in [0.15, 0.2) is 36.5 Å². The third-order valence-corrected chi connectivity index (χ3v) is 4.32. The Morgan fingerprint density at radius 3 is 2.67 bits per heavy atom. The van der Waals surface area contributed by atoms with E-state index in [9.17, 15) is 23.2 Å². The van der Waals surface area contributed by atoms with Crippen LogP contribution in [0.1, 0.15) is 23.7 Å². The lowest BCUT2D eigenvalue weighted by Gasteiger charge is -2.30. The predicted octanol–water partition coefficient (Wildman–Crippen LogP) is 2.85. The van der Waals surface area contributed by atoms with Crippen molar-refractivity contribution >= 4 is 23.1 Å². The number of aromatic nitrogens is 2.